The molecular formula is C14H21BrN2. The normalized spacial score (nSPS) is 24.6. The van der Waals surface area contributed by atoms with Gasteiger partial charge in [0.2, 0.25) is 0 Å². The van der Waals surface area contributed by atoms with Gasteiger partial charge in [0.25, 0.3) is 0 Å². The van der Waals surface area contributed by atoms with Crippen LogP contribution in [0.2, 0.25) is 0 Å². The zero-order valence-electron chi connectivity index (χ0n) is 10.7. The van der Waals surface area contributed by atoms with Crippen LogP contribution in [0.1, 0.15) is 38.2 Å². The summed E-state index contributed by atoms with van der Waals surface area (Å²) in [5, 5.41) is 0.879. The lowest BCUT2D eigenvalue weighted by Gasteiger charge is -2.34. The second kappa shape index (κ2) is 5.85. The summed E-state index contributed by atoms with van der Waals surface area (Å²) in [4.78, 5) is 6.90. The summed E-state index contributed by atoms with van der Waals surface area (Å²) in [5.74, 6) is 1.96. The quantitative estimate of drug-likeness (QED) is 0.784. The maximum absolute atomic E-state index is 4.55. The fourth-order valence-electron chi connectivity index (χ4n) is 2.65. The van der Waals surface area contributed by atoms with E-state index >= 15 is 0 Å². The molecule has 0 saturated heterocycles. The Labute approximate surface area is 113 Å². The minimum Gasteiger partial charge on any atom is -0.357 e. The van der Waals surface area contributed by atoms with Gasteiger partial charge in [0.15, 0.2) is 0 Å². The first-order chi connectivity index (χ1) is 8.20. The Morgan fingerprint density at radius 1 is 1.41 bits per heavy atom. The van der Waals surface area contributed by atoms with E-state index in [0.717, 1.165) is 17.1 Å². The fraction of sp³-hybridized carbons (Fsp3) is 0.643. The van der Waals surface area contributed by atoms with Gasteiger partial charge in [0, 0.05) is 24.6 Å². The Balaban J connectivity index is 2.04. The third-order valence-electron chi connectivity index (χ3n) is 3.78. The number of hydrogen-bond donors (Lipinski definition) is 0. The minimum absolute atomic E-state index is 0.668. The molecule has 17 heavy (non-hydrogen) atoms. The van der Waals surface area contributed by atoms with Gasteiger partial charge in [-0.1, -0.05) is 41.8 Å². The number of rotatable bonds is 3. The summed E-state index contributed by atoms with van der Waals surface area (Å²) in [5.41, 5.74) is 1.24. The number of nitrogens with zero attached hydrogens (tertiary/aromatic N) is 2. The average molecular weight is 297 g/mol. The van der Waals surface area contributed by atoms with Crippen LogP contribution in [0.5, 0.6) is 0 Å². The molecule has 0 spiro atoms. The second-order valence-corrected chi connectivity index (χ2v) is 5.76. The van der Waals surface area contributed by atoms with Crippen molar-refractivity contribution in [1.29, 1.82) is 0 Å². The van der Waals surface area contributed by atoms with Gasteiger partial charge < -0.3 is 4.90 Å². The van der Waals surface area contributed by atoms with Crippen molar-refractivity contribution in [3.63, 3.8) is 0 Å². The molecule has 0 radical (unpaired) electrons. The van der Waals surface area contributed by atoms with Crippen LogP contribution in [0.25, 0.3) is 0 Å². The van der Waals surface area contributed by atoms with Gasteiger partial charge in [-0.05, 0) is 30.4 Å². The highest BCUT2D eigenvalue weighted by atomic mass is 79.9. The molecule has 0 bridgehead atoms. The van der Waals surface area contributed by atoms with Crippen molar-refractivity contribution < 1.29 is 0 Å². The van der Waals surface area contributed by atoms with E-state index in [-0.39, 0.29) is 0 Å². The fourth-order valence-corrected chi connectivity index (χ4v) is 2.98. The van der Waals surface area contributed by atoms with E-state index in [2.05, 4.69) is 51.9 Å². The zero-order valence-corrected chi connectivity index (χ0v) is 12.3. The summed E-state index contributed by atoms with van der Waals surface area (Å²) in [7, 11) is 2.18. The van der Waals surface area contributed by atoms with Crippen molar-refractivity contribution in [1.82, 2.24) is 4.98 Å². The first kappa shape index (κ1) is 12.9. The molecule has 1 aromatic rings. The Hall–Kier alpha value is -0.570. The molecule has 1 saturated carbocycles. The molecule has 1 heterocycles. The number of aromatic nitrogens is 1. The predicted molar refractivity (Wildman–Crippen MR) is 76.7 cm³/mol. The number of pyridine rings is 1. The van der Waals surface area contributed by atoms with Gasteiger partial charge in [-0.2, -0.15) is 0 Å². The molecule has 2 atom stereocenters. The lowest BCUT2D eigenvalue weighted by Crippen LogP contribution is -2.36. The Morgan fingerprint density at radius 3 is 2.82 bits per heavy atom. The molecule has 2 rings (SSSR count). The van der Waals surface area contributed by atoms with Crippen molar-refractivity contribution in [2.75, 3.05) is 11.9 Å². The highest BCUT2D eigenvalue weighted by molar-refractivity contribution is 9.08. The monoisotopic (exact) mass is 296 g/mol. The average Bonchev–Trinajstić information content (AvgIpc) is 2.38. The smallest absolute Gasteiger partial charge is 0.128 e. The van der Waals surface area contributed by atoms with Gasteiger partial charge in [-0.25, -0.2) is 4.98 Å². The zero-order chi connectivity index (χ0) is 12.3. The highest BCUT2D eigenvalue weighted by Crippen LogP contribution is 2.28. The molecule has 3 heteroatoms. The van der Waals surface area contributed by atoms with Crippen molar-refractivity contribution in [2.45, 2.75) is 44.0 Å². The maximum atomic E-state index is 4.55. The lowest BCUT2D eigenvalue weighted by molar-refractivity contribution is 0.335. The molecular weight excluding hydrogens is 276 g/mol. The van der Waals surface area contributed by atoms with Crippen LogP contribution in [0.3, 0.4) is 0 Å². The summed E-state index contributed by atoms with van der Waals surface area (Å²) in [6.07, 6.45) is 7.32. The molecule has 2 unspecified atom stereocenters. The molecule has 0 N–H and O–H groups in total. The van der Waals surface area contributed by atoms with E-state index in [4.69, 9.17) is 0 Å². The molecule has 94 valence electrons. The molecule has 1 fully saturated rings. The van der Waals surface area contributed by atoms with E-state index < -0.39 is 0 Å². The van der Waals surface area contributed by atoms with E-state index in [9.17, 15) is 0 Å². The van der Waals surface area contributed by atoms with E-state index in [1.165, 1.54) is 31.2 Å². The number of anilines is 1. The molecule has 1 aromatic heterocycles. The number of hydrogen-bond acceptors (Lipinski definition) is 2. The molecule has 0 amide bonds. The van der Waals surface area contributed by atoms with Gasteiger partial charge in [-0.3, -0.25) is 0 Å². The van der Waals surface area contributed by atoms with Crippen LogP contribution in [-0.4, -0.2) is 18.1 Å². The van der Waals surface area contributed by atoms with Crippen LogP contribution >= 0.6 is 15.9 Å². The van der Waals surface area contributed by atoms with Crippen LogP contribution in [0, 0.1) is 5.92 Å². The molecule has 0 aliphatic heterocycles. The highest BCUT2D eigenvalue weighted by Gasteiger charge is 2.22. The van der Waals surface area contributed by atoms with Gasteiger partial charge in [0.05, 0.1) is 0 Å². The predicted octanol–water partition coefficient (Wildman–Crippen LogP) is 3.99. The number of alkyl halides is 1. The Bertz CT molecular complexity index is 350. The summed E-state index contributed by atoms with van der Waals surface area (Å²) in [6.45, 7) is 2.36. The molecule has 1 aliphatic rings. The van der Waals surface area contributed by atoms with Crippen molar-refractivity contribution >= 4 is 21.7 Å². The van der Waals surface area contributed by atoms with E-state index in [1.54, 1.807) is 0 Å². The van der Waals surface area contributed by atoms with Gasteiger partial charge in [-0.15, -0.1) is 0 Å². The van der Waals surface area contributed by atoms with Gasteiger partial charge >= 0.3 is 0 Å². The summed E-state index contributed by atoms with van der Waals surface area (Å²) < 4.78 is 0. The van der Waals surface area contributed by atoms with Gasteiger partial charge in [0.1, 0.15) is 5.82 Å². The first-order valence-electron chi connectivity index (χ1n) is 6.44. The largest absolute Gasteiger partial charge is 0.357 e. The lowest BCUT2D eigenvalue weighted by atomic mass is 9.86. The molecule has 2 nitrogen and oxygen atoms in total. The van der Waals surface area contributed by atoms with Crippen molar-refractivity contribution in [3.8, 4) is 0 Å². The minimum atomic E-state index is 0.668. The topological polar surface area (TPSA) is 16.1 Å². The number of halogens is 1. The molecule has 0 aromatic carbocycles. The molecule has 1 aliphatic carbocycles. The third kappa shape index (κ3) is 3.21. The SMILES string of the molecule is CC1CCCC(N(C)c2ccc(CBr)cn2)C1. The first-order valence-corrected chi connectivity index (χ1v) is 7.56. The van der Waals surface area contributed by atoms with Crippen molar-refractivity contribution in [2.24, 2.45) is 5.92 Å². The van der Waals surface area contributed by atoms with Crippen molar-refractivity contribution in [3.05, 3.63) is 23.9 Å². The van der Waals surface area contributed by atoms with Crippen LogP contribution in [0.15, 0.2) is 18.3 Å². The van der Waals surface area contributed by atoms with E-state index in [0.29, 0.717) is 6.04 Å². The Morgan fingerprint density at radius 2 is 2.24 bits per heavy atom. The van der Waals surface area contributed by atoms with Crippen LogP contribution in [-0.2, 0) is 5.33 Å². The summed E-state index contributed by atoms with van der Waals surface area (Å²) >= 11 is 3.45. The van der Waals surface area contributed by atoms with Crippen LogP contribution < -0.4 is 4.90 Å². The Kier molecular flexibility index (Phi) is 4.43. The standard InChI is InChI=1S/C14H21BrN2/c1-11-4-3-5-13(8-11)17(2)14-7-6-12(9-15)10-16-14/h6-7,10-11,13H,3-5,8-9H2,1-2H3. The third-order valence-corrected chi connectivity index (χ3v) is 4.43. The summed E-state index contributed by atoms with van der Waals surface area (Å²) in [6, 6.07) is 4.96. The van der Waals surface area contributed by atoms with E-state index in [1.807, 2.05) is 6.20 Å². The second-order valence-electron chi connectivity index (χ2n) is 5.19. The maximum Gasteiger partial charge on any atom is 0.128 e. The van der Waals surface area contributed by atoms with Crippen LogP contribution in [0.4, 0.5) is 5.82 Å².